The van der Waals surface area contributed by atoms with Gasteiger partial charge in [0.1, 0.15) is 11.9 Å². The van der Waals surface area contributed by atoms with Gasteiger partial charge in [0.05, 0.1) is 18.2 Å². The van der Waals surface area contributed by atoms with E-state index in [1.54, 1.807) is 13.2 Å². The Morgan fingerprint density at radius 3 is 2.56 bits per heavy atom. The van der Waals surface area contributed by atoms with Gasteiger partial charge in [0.15, 0.2) is 11.5 Å². The van der Waals surface area contributed by atoms with E-state index in [1.807, 2.05) is 6.07 Å². The van der Waals surface area contributed by atoms with E-state index in [0.29, 0.717) is 11.7 Å². The fourth-order valence-corrected chi connectivity index (χ4v) is 4.44. The first kappa shape index (κ1) is 17.8. The number of benzene rings is 2. The van der Waals surface area contributed by atoms with E-state index < -0.39 is 0 Å². The molecule has 2 N–H and O–H groups in total. The van der Waals surface area contributed by atoms with Gasteiger partial charge in [-0.15, -0.1) is 0 Å². The van der Waals surface area contributed by atoms with Crippen LogP contribution < -0.4 is 14.8 Å². The van der Waals surface area contributed by atoms with Gasteiger partial charge in [0, 0.05) is 16.8 Å². The van der Waals surface area contributed by atoms with Crippen LogP contribution in [0.15, 0.2) is 30.3 Å². The maximum Gasteiger partial charge on any atom is 0.172 e. The molecule has 0 amide bonds. The number of hydrogen-bond donors (Lipinski definition) is 2. The van der Waals surface area contributed by atoms with E-state index in [4.69, 9.17) is 9.47 Å². The van der Waals surface area contributed by atoms with E-state index in [0.717, 1.165) is 28.1 Å². The molecule has 4 nitrogen and oxygen atoms in total. The lowest BCUT2D eigenvalue weighted by atomic mass is 9.79. The molecule has 0 fully saturated rings. The van der Waals surface area contributed by atoms with Crippen molar-refractivity contribution in [3.05, 3.63) is 41.5 Å². The number of nitrogens with one attached hydrogen (secondary N) is 1. The zero-order valence-electron chi connectivity index (χ0n) is 16.8. The summed E-state index contributed by atoms with van der Waals surface area (Å²) < 4.78 is 12.0. The van der Waals surface area contributed by atoms with Crippen LogP contribution in [0, 0.1) is 5.92 Å². The first-order valence-corrected chi connectivity index (χ1v) is 9.45. The van der Waals surface area contributed by atoms with Crippen molar-refractivity contribution >= 4 is 11.3 Å². The SMILES string of the molecule is COc1c(O)ccc2c1-c1ccc3c(c1C(C(C)C)O2)C(C)=CC(C)(C)N3. The Kier molecular flexibility index (Phi) is 3.91. The van der Waals surface area contributed by atoms with E-state index >= 15 is 0 Å². The third kappa shape index (κ3) is 2.66. The summed E-state index contributed by atoms with van der Waals surface area (Å²) in [5, 5.41) is 13.9. The average molecular weight is 365 g/mol. The zero-order valence-corrected chi connectivity index (χ0v) is 16.8. The summed E-state index contributed by atoms with van der Waals surface area (Å²) in [4.78, 5) is 0. The highest BCUT2D eigenvalue weighted by Gasteiger charge is 2.36. The number of allylic oxidation sites excluding steroid dienone is 1. The van der Waals surface area contributed by atoms with Crippen molar-refractivity contribution in [2.45, 2.75) is 46.3 Å². The number of fused-ring (bicyclic) bond motifs is 5. The second-order valence-corrected chi connectivity index (χ2v) is 8.40. The Balaban J connectivity index is 2.06. The van der Waals surface area contributed by atoms with Gasteiger partial charge in [-0.05, 0) is 56.0 Å². The van der Waals surface area contributed by atoms with Gasteiger partial charge in [-0.25, -0.2) is 0 Å². The molecule has 1 unspecified atom stereocenters. The molecule has 142 valence electrons. The van der Waals surface area contributed by atoms with Gasteiger partial charge in [-0.2, -0.15) is 0 Å². The van der Waals surface area contributed by atoms with Crippen LogP contribution >= 0.6 is 0 Å². The van der Waals surface area contributed by atoms with Crippen LogP contribution in [-0.2, 0) is 0 Å². The predicted octanol–water partition coefficient (Wildman–Crippen LogP) is 5.76. The number of phenols is 1. The average Bonchev–Trinajstić information content (AvgIpc) is 2.59. The molecule has 4 heteroatoms. The maximum atomic E-state index is 10.3. The molecule has 27 heavy (non-hydrogen) atoms. The van der Waals surface area contributed by atoms with Gasteiger partial charge in [-0.3, -0.25) is 0 Å². The van der Waals surface area contributed by atoms with Crippen LogP contribution in [0.25, 0.3) is 16.7 Å². The number of ether oxygens (including phenoxy) is 2. The first-order chi connectivity index (χ1) is 12.7. The van der Waals surface area contributed by atoms with Crippen LogP contribution in [0.2, 0.25) is 0 Å². The monoisotopic (exact) mass is 365 g/mol. The van der Waals surface area contributed by atoms with Crippen molar-refractivity contribution in [2.75, 3.05) is 12.4 Å². The van der Waals surface area contributed by atoms with Crippen molar-refractivity contribution in [1.29, 1.82) is 0 Å². The van der Waals surface area contributed by atoms with Crippen LogP contribution in [0.5, 0.6) is 17.2 Å². The van der Waals surface area contributed by atoms with Crippen molar-refractivity contribution in [2.24, 2.45) is 5.92 Å². The minimum absolute atomic E-state index is 0.0666. The number of aromatic hydroxyl groups is 1. The lowest BCUT2D eigenvalue weighted by Crippen LogP contribution is -2.33. The number of phenolic OH excluding ortho intramolecular Hbond substituents is 1. The molecule has 0 saturated carbocycles. The smallest absolute Gasteiger partial charge is 0.172 e. The molecule has 0 saturated heterocycles. The predicted molar refractivity (Wildman–Crippen MR) is 110 cm³/mol. The molecule has 0 aromatic heterocycles. The third-order valence-electron chi connectivity index (χ3n) is 5.39. The van der Waals surface area contributed by atoms with Crippen molar-refractivity contribution in [1.82, 2.24) is 0 Å². The van der Waals surface area contributed by atoms with Gasteiger partial charge in [0.2, 0.25) is 0 Å². The molecule has 2 heterocycles. The van der Waals surface area contributed by atoms with E-state index in [2.05, 4.69) is 58.1 Å². The lowest BCUT2D eigenvalue weighted by Gasteiger charge is -2.38. The quantitative estimate of drug-likeness (QED) is 0.710. The number of methoxy groups -OCH3 is 1. The van der Waals surface area contributed by atoms with Crippen molar-refractivity contribution in [3.8, 4) is 28.4 Å². The van der Waals surface area contributed by atoms with Crippen LogP contribution in [-0.4, -0.2) is 17.8 Å². The minimum atomic E-state index is -0.0952. The second-order valence-electron chi connectivity index (χ2n) is 8.40. The molecule has 0 radical (unpaired) electrons. The molecular weight excluding hydrogens is 338 g/mol. The molecular formula is C23H27NO3. The highest BCUT2D eigenvalue weighted by Crippen LogP contribution is 2.55. The summed E-state index contributed by atoms with van der Waals surface area (Å²) in [7, 11) is 1.58. The number of anilines is 1. The highest BCUT2D eigenvalue weighted by atomic mass is 16.5. The second kappa shape index (κ2) is 5.95. The van der Waals surface area contributed by atoms with Crippen molar-refractivity contribution < 1.29 is 14.6 Å². The highest BCUT2D eigenvalue weighted by molar-refractivity contribution is 5.92. The lowest BCUT2D eigenvalue weighted by molar-refractivity contribution is 0.149. The Morgan fingerprint density at radius 1 is 1.15 bits per heavy atom. The summed E-state index contributed by atoms with van der Waals surface area (Å²) in [6.45, 7) is 10.9. The standard InChI is InChI=1S/C23H27NO3/c1-12(2)21-20-14(19-17(27-21)10-9-16(25)22(19)26-6)7-8-15-18(20)13(3)11-23(4,5)24-15/h7-12,21,24-25H,1-6H3. The summed E-state index contributed by atoms with van der Waals surface area (Å²) in [5.41, 5.74) is 6.51. The fourth-order valence-electron chi connectivity index (χ4n) is 4.44. The minimum Gasteiger partial charge on any atom is -0.504 e. The van der Waals surface area contributed by atoms with E-state index in [-0.39, 0.29) is 17.4 Å². The third-order valence-corrected chi connectivity index (χ3v) is 5.39. The summed E-state index contributed by atoms with van der Waals surface area (Å²) >= 11 is 0. The molecule has 2 aromatic carbocycles. The Morgan fingerprint density at radius 2 is 1.89 bits per heavy atom. The molecule has 0 bridgehead atoms. The largest absolute Gasteiger partial charge is 0.504 e. The summed E-state index contributed by atoms with van der Waals surface area (Å²) in [5.74, 6) is 1.63. The molecule has 2 aromatic rings. The van der Waals surface area contributed by atoms with Gasteiger partial charge in [-0.1, -0.05) is 26.0 Å². The zero-order chi connectivity index (χ0) is 19.5. The normalized spacial score (nSPS) is 19.2. The maximum absolute atomic E-state index is 10.3. The van der Waals surface area contributed by atoms with Gasteiger partial charge in [0.25, 0.3) is 0 Å². The summed E-state index contributed by atoms with van der Waals surface area (Å²) in [6.07, 6.45) is 2.20. The Hall–Kier alpha value is -2.62. The van der Waals surface area contributed by atoms with E-state index in [1.165, 1.54) is 11.1 Å². The topological polar surface area (TPSA) is 50.7 Å². The molecule has 2 aliphatic heterocycles. The van der Waals surface area contributed by atoms with Crippen LogP contribution in [0.4, 0.5) is 5.69 Å². The molecule has 0 aliphatic carbocycles. The summed E-state index contributed by atoms with van der Waals surface area (Å²) in [6, 6.07) is 7.71. The molecule has 2 aliphatic rings. The number of hydrogen-bond acceptors (Lipinski definition) is 4. The number of rotatable bonds is 2. The van der Waals surface area contributed by atoms with E-state index in [9.17, 15) is 5.11 Å². The van der Waals surface area contributed by atoms with Crippen LogP contribution in [0.1, 0.15) is 51.8 Å². The fraction of sp³-hybridized carbons (Fsp3) is 0.391. The van der Waals surface area contributed by atoms with Gasteiger partial charge >= 0.3 is 0 Å². The molecule has 4 rings (SSSR count). The molecule has 1 atom stereocenters. The van der Waals surface area contributed by atoms with Crippen LogP contribution in [0.3, 0.4) is 0 Å². The Labute approximate surface area is 160 Å². The Bertz CT molecular complexity index is 957. The van der Waals surface area contributed by atoms with Crippen molar-refractivity contribution in [3.63, 3.8) is 0 Å². The molecule has 0 spiro atoms. The first-order valence-electron chi connectivity index (χ1n) is 9.45. The van der Waals surface area contributed by atoms with Gasteiger partial charge < -0.3 is 19.9 Å².